The first-order chi connectivity index (χ1) is 20.7. The number of morpholine rings is 1. The molecule has 0 spiro atoms. The van der Waals surface area contributed by atoms with Crippen LogP contribution in [0.5, 0.6) is 6.01 Å². The molecule has 2 unspecified atom stereocenters. The zero-order valence-corrected chi connectivity index (χ0v) is 24.7. The summed E-state index contributed by atoms with van der Waals surface area (Å²) in [5.74, 6) is -0.261. The first-order valence-corrected chi connectivity index (χ1v) is 16.6. The highest BCUT2D eigenvalue weighted by molar-refractivity contribution is 7.90. The summed E-state index contributed by atoms with van der Waals surface area (Å²) < 4.78 is 71.9. The van der Waals surface area contributed by atoms with Crippen molar-refractivity contribution in [2.75, 3.05) is 56.6 Å². The number of rotatable bonds is 5. The zero-order chi connectivity index (χ0) is 29.5. The number of hydrogen-bond acceptors (Lipinski definition) is 12. The van der Waals surface area contributed by atoms with Crippen LogP contribution in [0.3, 0.4) is 0 Å². The van der Waals surface area contributed by atoms with Crippen LogP contribution in [0.1, 0.15) is 30.5 Å². The van der Waals surface area contributed by atoms with Gasteiger partial charge < -0.3 is 25.4 Å². The van der Waals surface area contributed by atoms with Crippen LogP contribution >= 0.6 is 11.3 Å². The van der Waals surface area contributed by atoms with Gasteiger partial charge in [0, 0.05) is 31.6 Å². The van der Waals surface area contributed by atoms with Crippen molar-refractivity contribution in [1.82, 2.24) is 29.9 Å². The van der Waals surface area contributed by atoms with Crippen LogP contribution in [-0.2, 0) is 14.8 Å². The second kappa shape index (κ2) is 9.92. The largest absolute Gasteiger partial charge is 0.461 e. The van der Waals surface area contributed by atoms with E-state index in [1.54, 1.807) is 6.08 Å². The van der Waals surface area contributed by atoms with Crippen LogP contribution in [-0.4, -0.2) is 98.1 Å². The van der Waals surface area contributed by atoms with Crippen LogP contribution in [0.2, 0.25) is 0 Å². The van der Waals surface area contributed by atoms with E-state index in [9.17, 15) is 17.2 Å². The van der Waals surface area contributed by atoms with Crippen molar-refractivity contribution in [3.05, 3.63) is 29.2 Å². The highest BCUT2D eigenvalue weighted by atomic mass is 32.2. The number of sulfonamides is 1. The molecule has 2 bridgehead atoms. The lowest BCUT2D eigenvalue weighted by molar-refractivity contribution is 0.0516. The smallest absolute Gasteiger partial charge is 0.319 e. The number of fused-ring (bicyclic) bond motifs is 5. The number of nitrogen functional groups attached to an aromatic ring is 1. The second-order valence-electron chi connectivity index (χ2n) is 11.8. The Kier molecular flexibility index (Phi) is 6.31. The standard InChI is InChI=1S/C27H30F2N8O4S2/c28-14-7-27(4-1-5-36(27)10-14)13-41-26-32-20-6-19(17-2-3-18(29)22-21(17)33-25(30)42-22)35-43(38,39)23(20)24(34-26)37-15-8-31-9-16(37)12-40-11-15/h2-3,6,14-16,31,35H,1,4-5,7-13H2,(H2,30,33)/t14-,15?,16?,27+/m1/s1. The molecule has 1 aromatic carbocycles. The van der Waals surface area contributed by atoms with E-state index >= 15 is 0 Å². The Morgan fingerprint density at radius 2 is 2.02 bits per heavy atom. The van der Waals surface area contributed by atoms with Crippen molar-refractivity contribution >= 4 is 54.3 Å². The molecule has 4 saturated heterocycles. The van der Waals surface area contributed by atoms with Crippen molar-refractivity contribution in [2.45, 2.75) is 48.0 Å². The lowest BCUT2D eigenvalue weighted by atomic mass is 9.95. The molecular weight excluding hydrogens is 602 g/mol. The maximum atomic E-state index is 14.6. The van der Waals surface area contributed by atoms with Gasteiger partial charge in [0.25, 0.3) is 10.0 Å². The minimum atomic E-state index is -4.20. The molecule has 5 aliphatic rings. The number of alkyl halides is 1. The Balaban J connectivity index is 1.26. The topological polar surface area (TPSA) is 148 Å². The number of aromatic nitrogens is 3. The SMILES string of the molecule is Nc1nc2c(C3=Cc4nc(OC[C@@]56CCCN5C[C@H](F)C6)nc(N5C6CNCC5COC6)c4S(=O)(=O)N3)ccc(F)c2s1. The molecule has 4 atom stereocenters. The Morgan fingerprint density at radius 1 is 1.21 bits per heavy atom. The predicted octanol–water partition coefficient (Wildman–Crippen LogP) is 1.73. The van der Waals surface area contributed by atoms with Gasteiger partial charge in [-0.15, -0.1) is 0 Å². The van der Waals surface area contributed by atoms with E-state index in [4.69, 9.17) is 20.2 Å². The number of hydrogen-bond donors (Lipinski definition) is 3. The monoisotopic (exact) mass is 632 g/mol. The van der Waals surface area contributed by atoms with Crippen LogP contribution in [0.25, 0.3) is 22.0 Å². The van der Waals surface area contributed by atoms with E-state index in [-0.39, 0.29) is 62.2 Å². The third-order valence-electron chi connectivity index (χ3n) is 9.09. The van der Waals surface area contributed by atoms with Gasteiger partial charge in [0.15, 0.2) is 15.8 Å². The summed E-state index contributed by atoms with van der Waals surface area (Å²) in [5.41, 5.74) is 6.39. The molecule has 4 N–H and O–H groups in total. The summed E-state index contributed by atoms with van der Waals surface area (Å²) >= 11 is 0.988. The summed E-state index contributed by atoms with van der Waals surface area (Å²) in [4.78, 5) is 17.6. The number of anilines is 2. The number of benzene rings is 1. The van der Waals surface area contributed by atoms with E-state index in [2.05, 4.69) is 24.9 Å². The molecule has 2 aromatic heterocycles. The van der Waals surface area contributed by atoms with Crippen molar-refractivity contribution in [1.29, 1.82) is 0 Å². The number of nitrogens with two attached hydrogens (primary N) is 1. The Morgan fingerprint density at radius 3 is 2.84 bits per heavy atom. The van der Waals surface area contributed by atoms with Gasteiger partial charge in [-0.25, -0.2) is 22.2 Å². The fourth-order valence-electron chi connectivity index (χ4n) is 7.26. The highest BCUT2D eigenvalue weighted by Crippen LogP contribution is 2.42. The summed E-state index contributed by atoms with van der Waals surface area (Å²) in [7, 11) is -4.20. The van der Waals surface area contributed by atoms with E-state index < -0.39 is 27.6 Å². The third kappa shape index (κ3) is 4.44. The molecule has 16 heteroatoms. The first kappa shape index (κ1) is 27.4. The minimum Gasteiger partial charge on any atom is -0.461 e. The Bertz CT molecular complexity index is 1750. The molecule has 228 valence electrons. The van der Waals surface area contributed by atoms with Crippen molar-refractivity contribution < 1.29 is 26.7 Å². The lowest BCUT2D eigenvalue weighted by Gasteiger charge is -2.47. The lowest BCUT2D eigenvalue weighted by Crippen LogP contribution is -2.64. The average molecular weight is 633 g/mol. The van der Waals surface area contributed by atoms with Gasteiger partial charge in [-0.1, -0.05) is 11.3 Å². The summed E-state index contributed by atoms with van der Waals surface area (Å²) in [6.45, 7) is 3.38. The second-order valence-corrected chi connectivity index (χ2v) is 14.5. The molecule has 5 aliphatic heterocycles. The molecule has 0 radical (unpaired) electrons. The highest BCUT2D eigenvalue weighted by Gasteiger charge is 2.50. The third-order valence-corrected chi connectivity index (χ3v) is 11.4. The van der Waals surface area contributed by atoms with E-state index in [0.717, 1.165) is 30.7 Å². The number of piperazine rings is 1. The fraction of sp³-hybridized carbons (Fsp3) is 0.519. The summed E-state index contributed by atoms with van der Waals surface area (Å²) in [5, 5.41) is 3.55. The van der Waals surface area contributed by atoms with Gasteiger partial charge in [-0.05, 0) is 37.6 Å². The molecule has 0 saturated carbocycles. The van der Waals surface area contributed by atoms with Gasteiger partial charge in [0.1, 0.15) is 18.6 Å². The maximum absolute atomic E-state index is 14.6. The summed E-state index contributed by atoms with van der Waals surface area (Å²) in [6, 6.07) is 2.44. The molecule has 4 fully saturated rings. The Hall–Kier alpha value is -3.18. The van der Waals surface area contributed by atoms with E-state index in [0.29, 0.717) is 44.8 Å². The van der Waals surface area contributed by atoms with Crippen LogP contribution < -0.4 is 25.4 Å². The molecule has 0 aliphatic carbocycles. The van der Waals surface area contributed by atoms with E-state index in [1.807, 2.05) is 4.90 Å². The predicted molar refractivity (Wildman–Crippen MR) is 157 cm³/mol. The normalized spacial score (nSPS) is 29.7. The van der Waals surface area contributed by atoms with Gasteiger partial charge in [0.05, 0.1) is 52.4 Å². The van der Waals surface area contributed by atoms with Crippen molar-refractivity contribution in [3.63, 3.8) is 0 Å². The van der Waals surface area contributed by atoms with Crippen LogP contribution in [0.4, 0.5) is 19.7 Å². The molecule has 3 aromatic rings. The molecule has 8 rings (SSSR count). The van der Waals surface area contributed by atoms with Gasteiger partial charge in [-0.3, -0.25) is 9.62 Å². The molecule has 0 amide bonds. The first-order valence-electron chi connectivity index (χ1n) is 14.3. The average Bonchev–Trinajstić information content (AvgIpc) is 3.62. The summed E-state index contributed by atoms with van der Waals surface area (Å²) in [6.07, 6.45) is 2.82. The quantitative estimate of drug-likeness (QED) is 0.378. The molecule has 7 heterocycles. The van der Waals surface area contributed by atoms with E-state index in [1.165, 1.54) is 12.1 Å². The number of halogens is 2. The number of nitrogens with one attached hydrogen (secondary N) is 2. The van der Waals surface area contributed by atoms with Crippen molar-refractivity contribution in [3.8, 4) is 6.01 Å². The maximum Gasteiger partial charge on any atom is 0.319 e. The van der Waals surface area contributed by atoms with Crippen LogP contribution in [0.15, 0.2) is 17.0 Å². The van der Waals surface area contributed by atoms with Crippen LogP contribution in [0, 0.1) is 5.82 Å². The molecule has 12 nitrogen and oxygen atoms in total. The zero-order valence-electron chi connectivity index (χ0n) is 23.1. The Labute approximate surface area is 250 Å². The minimum absolute atomic E-state index is 0.0182. The van der Waals surface area contributed by atoms with Gasteiger partial charge >= 0.3 is 6.01 Å². The fourth-order valence-corrected chi connectivity index (χ4v) is 9.35. The number of thiazole rings is 1. The molecule has 43 heavy (non-hydrogen) atoms. The number of nitrogens with zero attached hydrogens (tertiary/aromatic N) is 5. The molecular formula is C27H30F2N8O4S2. The van der Waals surface area contributed by atoms with Crippen molar-refractivity contribution in [2.24, 2.45) is 0 Å². The van der Waals surface area contributed by atoms with Gasteiger partial charge in [-0.2, -0.15) is 9.97 Å². The number of ether oxygens (including phenoxy) is 2. The van der Waals surface area contributed by atoms with Gasteiger partial charge in [0.2, 0.25) is 0 Å².